The van der Waals surface area contributed by atoms with Crippen LogP contribution in [0.4, 0.5) is 5.69 Å². The van der Waals surface area contributed by atoms with Crippen LogP contribution in [0.25, 0.3) is 0 Å². The standard InChI is InChI=1S/C14H26N4O/c1-6-8-10(3)15-14(19)11(4)16-13-9-18(5)17-12(13)7-2/h9-11,16H,6-8H2,1-5H3,(H,15,19). The van der Waals surface area contributed by atoms with E-state index in [2.05, 4.69) is 29.6 Å². The minimum atomic E-state index is -0.256. The van der Waals surface area contributed by atoms with E-state index in [1.165, 1.54) is 0 Å². The van der Waals surface area contributed by atoms with Crippen LogP contribution < -0.4 is 10.6 Å². The fourth-order valence-corrected chi connectivity index (χ4v) is 2.09. The minimum absolute atomic E-state index is 0.0341. The van der Waals surface area contributed by atoms with Crippen molar-refractivity contribution in [3.05, 3.63) is 11.9 Å². The van der Waals surface area contributed by atoms with E-state index in [4.69, 9.17) is 0 Å². The Morgan fingerprint density at radius 1 is 1.42 bits per heavy atom. The van der Waals surface area contributed by atoms with Crippen molar-refractivity contribution in [1.82, 2.24) is 15.1 Å². The Morgan fingerprint density at radius 3 is 2.68 bits per heavy atom. The van der Waals surface area contributed by atoms with Crippen LogP contribution in [0.1, 0.15) is 46.2 Å². The van der Waals surface area contributed by atoms with Crippen molar-refractivity contribution in [2.45, 2.75) is 59.0 Å². The molecule has 0 bridgehead atoms. The SMILES string of the molecule is CCCC(C)NC(=O)C(C)Nc1cn(C)nc1CC. The molecule has 1 rings (SSSR count). The number of nitrogens with zero attached hydrogens (tertiary/aromatic N) is 2. The van der Waals surface area contributed by atoms with E-state index in [0.717, 1.165) is 30.6 Å². The molecule has 2 atom stereocenters. The molecule has 1 heterocycles. The lowest BCUT2D eigenvalue weighted by molar-refractivity contribution is -0.122. The molecule has 0 spiro atoms. The highest BCUT2D eigenvalue weighted by Gasteiger charge is 2.16. The number of nitrogens with one attached hydrogen (secondary N) is 2. The van der Waals surface area contributed by atoms with E-state index in [1.54, 1.807) is 4.68 Å². The molecule has 1 amide bonds. The summed E-state index contributed by atoms with van der Waals surface area (Å²) in [6.07, 6.45) is 4.85. The number of hydrogen-bond donors (Lipinski definition) is 2. The van der Waals surface area contributed by atoms with Crippen molar-refractivity contribution >= 4 is 11.6 Å². The van der Waals surface area contributed by atoms with Gasteiger partial charge in [-0.25, -0.2) is 0 Å². The van der Waals surface area contributed by atoms with Crippen LogP contribution in [0.5, 0.6) is 0 Å². The lowest BCUT2D eigenvalue weighted by atomic mass is 10.2. The third-order valence-corrected chi connectivity index (χ3v) is 3.12. The van der Waals surface area contributed by atoms with Crippen LogP contribution in [0.2, 0.25) is 0 Å². The maximum absolute atomic E-state index is 12.0. The van der Waals surface area contributed by atoms with Crippen molar-refractivity contribution in [3.8, 4) is 0 Å². The molecule has 1 aromatic rings. The number of carbonyl (C=O) groups excluding carboxylic acids is 1. The van der Waals surface area contributed by atoms with E-state index >= 15 is 0 Å². The van der Waals surface area contributed by atoms with Crippen LogP contribution in [0.15, 0.2) is 6.20 Å². The second-order valence-corrected chi connectivity index (χ2v) is 5.08. The summed E-state index contributed by atoms with van der Waals surface area (Å²) < 4.78 is 1.77. The Kier molecular flexibility index (Phi) is 5.86. The summed E-state index contributed by atoms with van der Waals surface area (Å²) in [7, 11) is 1.89. The zero-order valence-electron chi connectivity index (χ0n) is 12.7. The number of anilines is 1. The van der Waals surface area contributed by atoms with Gasteiger partial charge in [-0.2, -0.15) is 5.10 Å². The van der Waals surface area contributed by atoms with Gasteiger partial charge in [-0.05, 0) is 26.7 Å². The van der Waals surface area contributed by atoms with Gasteiger partial charge in [0.05, 0.1) is 11.4 Å². The Morgan fingerprint density at radius 2 is 2.11 bits per heavy atom. The van der Waals surface area contributed by atoms with E-state index in [-0.39, 0.29) is 18.0 Å². The summed E-state index contributed by atoms with van der Waals surface area (Å²) in [5.41, 5.74) is 1.93. The average molecular weight is 266 g/mol. The molecule has 0 aliphatic rings. The van der Waals surface area contributed by atoms with Gasteiger partial charge in [0.25, 0.3) is 0 Å². The van der Waals surface area contributed by atoms with Crippen LogP contribution in [-0.2, 0) is 18.3 Å². The number of carbonyl (C=O) groups is 1. The van der Waals surface area contributed by atoms with E-state index in [9.17, 15) is 4.79 Å². The number of aromatic nitrogens is 2. The second kappa shape index (κ2) is 7.16. The predicted octanol–water partition coefficient (Wildman–Crippen LogP) is 2.09. The normalized spacial score (nSPS) is 13.9. The molecule has 5 nitrogen and oxygen atoms in total. The van der Waals surface area contributed by atoms with E-state index in [0.29, 0.717) is 0 Å². The average Bonchev–Trinajstić information content (AvgIpc) is 2.69. The molecule has 2 unspecified atom stereocenters. The second-order valence-electron chi connectivity index (χ2n) is 5.08. The molecule has 1 aromatic heterocycles. The van der Waals surface area contributed by atoms with Gasteiger partial charge < -0.3 is 10.6 Å². The van der Waals surface area contributed by atoms with Crippen LogP contribution >= 0.6 is 0 Å². The highest BCUT2D eigenvalue weighted by atomic mass is 16.2. The summed E-state index contributed by atoms with van der Waals surface area (Å²) in [5, 5.41) is 10.6. The maximum atomic E-state index is 12.0. The third kappa shape index (κ3) is 4.58. The summed E-state index contributed by atoms with van der Waals surface area (Å²) in [6.45, 7) is 8.09. The van der Waals surface area contributed by atoms with Crippen molar-refractivity contribution < 1.29 is 4.79 Å². The highest BCUT2D eigenvalue weighted by Crippen LogP contribution is 2.14. The summed E-state index contributed by atoms with van der Waals surface area (Å²) >= 11 is 0. The molecule has 0 saturated carbocycles. The Hall–Kier alpha value is -1.52. The van der Waals surface area contributed by atoms with Crippen molar-refractivity contribution in [1.29, 1.82) is 0 Å². The highest BCUT2D eigenvalue weighted by molar-refractivity contribution is 5.84. The minimum Gasteiger partial charge on any atom is -0.371 e. The number of amides is 1. The first-order valence-corrected chi connectivity index (χ1v) is 7.07. The maximum Gasteiger partial charge on any atom is 0.242 e. The molecule has 0 aromatic carbocycles. The molecule has 108 valence electrons. The third-order valence-electron chi connectivity index (χ3n) is 3.12. The first kappa shape index (κ1) is 15.5. The van der Waals surface area contributed by atoms with E-state index < -0.39 is 0 Å². The molecular weight excluding hydrogens is 240 g/mol. The smallest absolute Gasteiger partial charge is 0.242 e. The number of aryl methyl sites for hydroxylation is 2. The monoisotopic (exact) mass is 266 g/mol. The largest absolute Gasteiger partial charge is 0.371 e. The number of hydrogen-bond acceptors (Lipinski definition) is 3. The lowest BCUT2D eigenvalue weighted by Crippen LogP contribution is -2.42. The molecular formula is C14H26N4O. The van der Waals surface area contributed by atoms with Crippen molar-refractivity contribution in [2.24, 2.45) is 7.05 Å². The molecule has 0 radical (unpaired) electrons. The summed E-state index contributed by atoms with van der Waals surface area (Å²) in [5.74, 6) is 0.0341. The molecule has 0 saturated heterocycles. The molecule has 0 aliphatic carbocycles. The van der Waals surface area contributed by atoms with Crippen LogP contribution in [0.3, 0.4) is 0 Å². The van der Waals surface area contributed by atoms with Gasteiger partial charge in [0.1, 0.15) is 6.04 Å². The van der Waals surface area contributed by atoms with Crippen LogP contribution in [0, 0.1) is 0 Å². The molecule has 5 heteroatoms. The van der Waals surface area contributed by atoms with Gasteiger partial charge in [-0.15, -0.1) is 0 Å². The fraction of sp³-hybridized carbons (Fsp3) is 0.714. The predicted molar refractivity (Wildman–Crippen MR) is 78.2 cm³/mol. The Bertz CT molecular complexity index is 414. The van der Waals surface area contributed by atoms with Crippen molar-refractivity contribution in [2.75, 3.05) is 5.32 Å². The zero-order chi connectivity index (χ0) is 14.4. The van der Waals surface area contributed by atoms with Gasteiger partial charge >= 0.3 is 0 Å². The first-order chi connectivity index (χ1) is 8.97. The summed E-state index contributed by atoms with van der Waals surface area (Å²) in [4.78, 5) is 12.0. The van der Waals surface area contributed by atoms with Gasteiger partial charge in [0.15, 0.2) is 0 Å². The topological polar surface area (TPSA) is 59.0 Å². The van der Waals surface area contributed by atoms with Gasteiger partial charge in [-0.3, -0.25) is 9.48 Å². The van der Waals surface area contributed by atoms with Gasteiger partial charge in [-0.1, -0.05) is 20.3 Å². The Balaban J connectivity index is 2.58. The lowest BCUT2D eigenvalue weighted by Gasteiger charge is -2.18. The van der Waals surface area contributed by atoms with Gasteiger partial charge in [0.2, 0.25) is 5.91 Å². The molecule has 0 fully saturated rings. The molecule has 0 aliphatic heterocycles. The fourth-order valence-electron chi connectivity index (χ4n) is 2.09. The van der Waals surface area contributed by atoms with Crippen molar-refractivity contribution in [3.63, 3.8) is 0 Å². The zero-order valence-corrected chi connectivity index (χ0v) is 12.7. The quantitative estimate of drug-likeness (QED) is 0.794. The van der Waals surface area contributed by atoms with E-state index in [1.807, 2.05) is 27.1 Å². The van der Waals surface area contributed by atoms with Crippen LogP contribution in [-0.4, -0.2) is 27.8 Å². The molecule has 2 N–H and O–H groups in total. The number of rotatable bonds is 7. The first-order valence-electron chi connectivity index (χ1n) is 7.07. The molecule has 19 heavy (non-hydrogen) atoms. The Labute approximate surface area is 115 Å². The summed E-state index contributed by atoms with van der Waals surface area (Å²) in [6, 6.07) is -0.0323. The van der Waals surface area contributed by atoms with Gasteiger partial charge in [0, 0.05) is 19.3 Å².